The maximum absolute atomic E-state index is 12.9. The molecule has 1 aliphatic heterocycles. The van der Waals surface area contributed by atoms with Crippen molar-refractivity contribution in [2.24, 2.45) is 0 Å². The van der Waals surface area contributed by atoms with E-state index >= 15 is 0 Å². The molecule has 0 bridgehead atoms. The number of nitrogens with zero attached hydrogens (tertiary/aromatic N) is 1. The summed E-state index contributed by atoms with van der Waals surface area (Å²) in [7, 11) is -3.29. The van der Waals surface area contributed by atoms with Crippen LogP contribution in [0.1, 0.15) is 42.2 Å². The molecule has 2 heterocycles. The van der Waals surface area contributed by atoms with Crippen LogP contribution in [0.3, 0.4) is 0 Å². The van der Waals surface area contributed by atoms with Crippen LogP contribution in [-0.2, 0) is 15.8 Å². The molecule has 3 rings (SSSR count). The number of thiophene rings is 1. The van der Waals surface area contributed by atoms with Gasteiger partial charge >= 0.3 is 0 Å². The van der Waals surface area contributed by atoms with Crippen LogP contribution in [-0.4, -0.2) is 19.3 Å². The van der Waals surface area contributed by atoms with Gasteiger partial charge in [-0.05, 0) is 29.9 Å². The summed E-state index contributed by atoms with van der Waals surface area (Å²) >= 11 is 1.66. The summed E-state index contributed by atoms with van der Waals surface area (Å²) in [6, 6.07) is 13.5. The highest BCUT2D eigenvalue weighted by Gasteiger charge is 2.32. The Balaban J connectivity index is 1.88. The van der Waals surface area contributed by atoms with Crippen LogP contribution in [0, 0.1) is 0 Å². The second kappa shape index (κ2) is 6.94. The Labute approximate surface area is 136 Å². The zero-order chi connectivity index (χ0) is 15.4. The van der Waals surface area contributed by atoms with E-state index < -0.39 is 10.0 Å². The number of sulfonamides is 1. The third-order valence-electron chi connectivity index (χ3n) is 4.12. The average molecular weight is 335 g/mol. The van der Waals surface area contributed by atoms with Gasteiger partial charge in [0.05, 0.1) is 11.8 Å². The molecule has 3 nitrogen and oxygen atoms in total. The maximum Gasteiger partial charge on any atom is 0.218 e. The lowest BCUT2D eigenvalue weighted by Gasteiger charge is -2.28. The summed E-state index contributed by atoms with van der Waals surface area (Å²) in [6.07, 6.45) is 4.09. The van der Waals surface area contributed by atoms with Gasteiger partial charge in [0.25, 0.3) is 0 Å². The van der Waals surface area contributed by atoms with E-state index in [-0.39, 0.29) is 11.8 Å². The Kier molecular flexibility index (Phi) is 4.96. The van der Waals surface area contributed by atoms with Gasteiger partial charge in [0.2, 0.25) is 10.0 Å². The molecule has 1 aromatic carbocycles. The molecule has 22 heavy (non-hydrogen) atoms. The minimum atomic E-state index is -3.29. The SMILES string of the molecule is O=S(=O)(Cc1ccccc1)N1CCCCC[C@@H]1c1cccs1. The summed E-state index contributed by atoms with van der Waals surface area (Å²) < 4.78 is 27.6. The van der Waals surface area contributed by atoms with Crippen molar-refractivity contribution < 1.29 is 8.42 Å². The van der Waals surface area contributed by atoms with Gasteiger partial charge in [-0.1, -0.05) is 49.2 Å². The third kappa shape index (κ3) is 3.59. The molecule has 0 N–H and O–H groups in total. The molecule has 118 valence electrons. The van der Waals surface area contributed by atoms with Crippen LogP contribution in [0.25, 0.3) is 0 Å². The predicted octanol–water partition coefficient (Wildman–Crippen LogP) is 4.20. The Hall–Kier alpha value is -1.17. The lowest BCUT2D eigenvalue weighted by molar-refractivity contribution is 0.332. The van der Waals surface area contributed by atoms with Crippen molar-refractivity contribution in [3.63, 3.8) is 0 Å². The van der Waals surface area contributed by atoms with E-state index in [0.717, 1.165) is 31.2 Å². The molecule has 1 aliphatic rings. The molecule has 0 amide bonds. The first-order chi connectivity index (χ1) is 10.7. The molecule has 1 fully saturated rings. The highest BCUT2D eigenvalue weighted by Crippen LogP contribution is 2.35. The van der Waals surface area contributed by atoms with Crippen molar-refractivity contribution in [1.82, 2.24) is 4.31 Å². The molecular weight excluding hydrogens is 314 g/mol. The van der Waals surface area contributed by atoms with Gasteiger partial charge < -0.3 is 0 Å². The fourth-order valence-electron chi connectivity index (χ4n) is 3.05. The molecule has 2 aromatic rings. The molecule has 0 saturated carbocycles. The monoisotopic (exact) mass is 335 g/mol. The van der Waals surface area contributed by atoms with E-state index in [1.165, 1.54) is 4.88 Å². The molecule has 0 spiro atoms. The van der Waals surface area contributed by atoms with Crippen molar-refractivity contribution >= 4 is 21.4 Å². The number of benzene rings is 1. The van der Waals surface area contributed by atoms with E-state index in [4.69, 9.17) is 0 Å². The maximum atomic E-state index is 12.9. The van der Waals surface area contributed by atoms with E-state index in [2.05, 4.69) is 6.07 Å². The molecule has 1 saturated heterocycles. The van der Waals surface area contributed by atoms with Crippen molar-refractivity contribution in [2.75, 3.05) is 6.54 Å². The van der Waals surface area contributed by atoms with Gasteiger partial charge in [-0.25, -0.2) is 8.42 Å². The van der Waals surface area contributed by atoms with Crippen LogP contribution in [0.4, 0.5) is 0 Å². The Morgan fingerprint density at radius 3 is 2.59 bits per heavy atom. The van der Waals surface area contributed by atoms with Crippen LogP contribution < -0.4 is 0 Å². The molecule has 5 heteroatoms. The van der Waals surface area contributed by atoms with Crippen molar-refractivity contribution in [3.05, 3.63) is 58.3 Å². The number of hydrogen-bond donors (Lipinski definition) is 0. The van der Waals surface area contributed by atoms with E-state index in [0.29, 0.717) is 6.54 Å². The number of hydrogen-bond acceptors (Lipinski definition) is 3. The fourth-order valence-corrected chi connectivity index (χ4v) is 5.78. The second-order valence-electron chi connectivity index (χ2n) is 5.73. The van der Waals surface area contributed by atoms with E-state index in [1.54, 1.807) is 15.6 Å². The first kappa shape index (κ1) is 15.7. The molecule has 1 aromatic heterocycles. The van der Waals surface area contributed by atoms with Crippen molar-refractivity contribution in [1.29, 1.82) is 0 Å². The predicted molar refractivity (Wildman–Crippen MR) is 91.3 cm³/mol. The topological polar surface area (TPSA) is 37.4 Å². The average Bonchev–Trinajstić information content (AvgIpc) is 2.91. The highest BCUT2D eigenvalue weighted by atomic mass is 32.2. The summed E-state index contributed by atoms with van der Waals surface area (Å²) in [5.41, 5.74) is 0.858. The zero-order valence-electron chi connectivity index (χ0n) is 12.5. The zero-order valence-corrected chi connectivity index (χ0v) is 14.2. The van der Waals surface area contributed by atoms with Crippen LogP contribution in [0.15, 0.2) is 47.8 Å². The molecule has 1 atom stereocenters. The quantitative estimate of drug-likeness (QED) is 0.840. The van der Waals surface area contributed by atoms with Crippen molar-refractivity contribution in [3.8, 4) is 0 Å². The smallest absolute Gasteiger partial charge is 0.212 e. The summed E-state index contributed by atoms with van der Waals surface area (Å²) in [5.74, 6) is 0.0930. The Morgan fingerprint density at radius 1 is 1.05 bits per heavy atom. The standard InChI is InChI=1S/C17H21NO2S2/c19-22(20,14-15-8-3-1-4-9-15)18-12-6-2-5-10-16(18)17-11-7-13-21-17/h1,3-4,7-9,11,13,16H,2,5-6,10,12,14H2/t16-/m1/s1. The van der Waals surface area contributed by atoms with Gasteiger partial charge in [0.1, 0.15) is 0 Å². The summed E-state index contributed by atoms with van der Waals surface area (Å²) in [6.45, 7) is 0.637. The normalized spacial score (nSPS) is 20.6. The lowest BCUT2D eigenvalue weighted by Crippen LogP contribution is -2.35. The largest absolute Gasteiger partial charge is 0.218 e. The Morgan fingerprint density at radius 2 is 1.86 bits per heavy atom. The molecule has 0 radical (unpaired) electrons. The summed E-state index contributed by atoms with van der Waals surface area (Å²) in [5, 5.41) is 2.03. The van der Waals surface area contributed by atoms with Crippen molar-refractivity contribution in [2.45, 2.75) is 37.5 Å². The van der Waals surface area contributed by atoms with Gasteiger partial charge in [-0.3, -0.25) is 0 Å². The molecular formula is C17H21NO2S2. The Bertz CT molecular complexity index is 681. The van der Waals surface area contributed by atoms with Gasteiger partial charge in [-0.2, -0.15) is 4.31 Å². The third-order valence-corrected chi connectivity index (χ3v) is 6.95. The minimum absolute atomic E-state index is 0.0104. The number of rotatable bonds is 4. The van der Waals surface area contributed by atoms with Gasteiger partial charge in [0, 0.05) is 11.4 Å². The van der Waals surface area contributed by atoms with Crippen LogP contribution in [0.5, 0.6) is 0 Å². The van der Waals surface area contributed by atoms with Gasteiger partial charge in [0.15, 0.2) is 0 Å². The highest BCUT2D eigenvalue weighted by molar-refractivity contribution is 7.88. The lowest BCUT2D eigenvalue weighted by atomic mass is 10.1. The van der Waals surface area contributed by atoms with Gasteiger partial charge in [-0.15, -0.1) is 11.3 Å². The van der Waals surface area contributed by atoms with E-state index in [1.807, 2.05) is 41.8 Å². The minimum Gasteiger partial charge on any atom is -0.212 e. The summed E-state index contributed by atoms with van der Waals surface area (Å²) in [4.78, 5) is 1.17. The first-order valence-corrected chi connectivity index (χ1v) is 10.2. The van der Waals surface area contributed by atoms with E-state index in [9.17, 15) is 8.42 Å². The van der Waals surface area contributed by atoms with Crippen LogP contribution in [0.2, 0.25) is 0 Å². The molecule has 0 unspecified atom stereocenters. The fraction of sp³-hybridized carbons (Fsp3) is 0.412. The molecule has 0 aliphatic carbocycles. The first-order valence-electron chi connectivity index (χ1n) is 7.74. The van der Waals surface area contributed by atoms with Crippen LogP contribution >= 0.6 is 11.3 Å². The second-order valence-corrected chi connectivity index (χ2v) is 8.63.